The summed E-state index contributed by atoms with van der Waals surface area (Å²) in [7, 11) is 0. The number of benzene rings is 1. The number of para-hydroxylation sites is 1. The summed E-state index contributed by atoms with van der Waals surface area (Å²) in [6, 6.07) is 5.18. The summed E-state index contributed by atoms with van der Waals surface area (Å²) in [6.07, 6.45) is 1.93. The molecule has 0 radical (unpaired) electrons. The van der Waals surface area contributed by atoms with E-state index in [9.17, 15) is 4.79 Å². The minimum absolute atomic E-state index is 0.0751. The number of nitrogens with zero attached hydrogens (tertiary/aromatic N) is 1. The summed E-state index contributed by atoms with van der Waals surface area (Å²) < 4.78 is 5.51. The van der Waals surface area contributed by atoms with E-state index in [1.165, 1.54) is 0 Å². The van der Waals surface area contributed by atoms with Crippen LogP contribution in [0.25, 0.3) is 0 Å². The van der Waals surface area contributed by atoms with Gasteiger partial charge in [0.25, 0.3) is 5.91 Å². The number of piperidine rings is 1. The normalized spacial score (nSPS) is 22.2. The zero-order valence-corrected chi connectivity index (χ0v) is 13.5. The lowest BCUT2D eigenvalue weighted by Crippen LogP contribution is -2.50. The first-order valence-electron chi connectivity index (χ1n) is 7.09. The van der Waals surface area contributed by atoms with Gasteiger partial charge in [-0.2, -0.15) is 0 Å². The van der Waals surface area contributed by atoms with Crippen LogP contribution in [0.5, 0.6) is 5.75 Å². The first-order chi connectivity index (χ1) is 10.0. The topological polar surface area (TPSA) is 55.6 Å². The molecule has 0 spiro atoms. The van der Waals surface area contributed by atoms with Crippen molar-refractivity contribution in [3.63, 3.8) is 0 Å². The number of amides is 1. The van der Waals surface area contributed by atoms with Crippen molar-refractivity contribution in [1.29, 1.82) is 0 Å². The van der Waals surface area contributed by atoms with Gasteiger partial charge >= 0.3 is 0 Å². The number of rotatable bonds is 4. The van der Waals surface area contributed by atoms with Gasteiger partial charge in [-0.15, -0.1) is 0 Å². The van der Waals surface area contributed by atoms with E-state index < -0.39 is 0 Å². The van der Waals surface area contributed by atoms with E-state index in [1.807, 2.05) is 4.90 Å². The Labute approximate surface area is 135 Å². The van der Waals surface area contributed by atoms with E-state index in [4.69, 9.17) is 33.7 Å². The molecule has 0 saturated carbocycles. The van der Waals surface area contributed by atoms with Crippen LogP contribution in [0.4, 0.5) is 0 Å². The predicted molar refractivity (Wildman–Crippen MR) is 84.9 cm³/mol. The summed E-state index contributed by atoms with van der Waals surface area (Å²) in [5.74, 6) is 0.874. The van der Waals surface area contributed by atoms with E-state index >= 15 is 0 Å². The highest BCUT2D eigenvalue weighted by Gasteiger charge is 2.29. The van der Waals surface area contributed by atoms with E-state index in [0.717, 1.165) is 19.4 Å². The molecule has 2 N–H and O–H groups in total. The van der Waals surface area contributed by atoms with Crippen LogP contribution >= 0.6 is 23.2 Å². The first kappa shape index (κ1) is 16.4. The van der Waals surface area contributed by atoms with Crippen molar-refractivity contribution in [2.24, 2.45) is 11.7 Å². The van der Waals surface area contributed by atoms with Crippen molar-refractivity contribution in [1.82, 2.24) is 4.90 Å². The second kappa shape index (κ2) is 7.34. The third kappa shape index (κ3) is 4.02. The van der Waals surface area contributed by atoms with Crippen molar-refractivity contribution >= 4 is 29.1 Å². The van der Waals surface area contributed by atoms with Crippen LogP contribution in [0.3, 0.4) is 0 Å². The number of likely N-dealkylation sites (tertiary alicyclic amines) is 1. The zero-order valence-electron chi connectivity index (χ0n) is 12.0. The van der Waals surface area contributed by atoms with E-state index in [-0.39, 0.29) is 18.6 Å². The molecule has 6 heteroatoms. The average Bonchev–Trinajstić information content (AvgIpc) is 2.46. The zero-order chi connectivity index (χ0) is 15.4. The van der Waals surface area contributed by atoms with Crippen LogP contribution in [0.1, 0.15) is 19.8 Å². The number of carbonyl (C=O) groups is 1. The van der Waals surface area contributed by atoms with Gasteiger partial charge in [0, 0.05) is 19.1 Å². The molecule has 2 atom stereocenters. The van der Waals surface area contributed by atoms with E-state index in [0.29, 0.717) is 28.3 Å². The predicted octanol–water partition coefficient (Wildman–Crippen LogP) is 2.96. The Bertz CT molecular complexity index is 490. The summed E-state index contributed by atoms with van der Waals surface area (Å²) in [5, 5.41) is 0.802. The lowest BCUT2D eigenvalue weighted by atomic mass is 9.92. The van der Waals surface area contributed by atoms with E-state index in [1.54, 1.807) is 18.2 Å². The molecule has 1 amide bonds. The van der Waals surface area contributed by atoms with Crippen LogP contribution in [0.15, 0.2) is 18.2 Å². The van der Waals surface area contributed by atoms with Gasteiger partial charge in [-0.25, -0.2) is 0 Å². The minimum Gasteiger partial charge on any atom is -0.481 e. The second-order valence-corrected chi connectivity index (χ2v) is 6.26. The molecule has 1 aromatic rings. The molecule has 0 bridgehead atoms. The quantitative estimate of drug-likeness (QED) is 0.923. The fraction of sp³-hybridized carbons (Fsp3) is 0.533. The molecule has 1 heterocycles. The Morgan fingerprint density at radius 1 is 1.43 bits per heavy atom. The van der Waals surface area contributed by atoms with Gasteiger partial charge in [0.2, 0.25) is 0 Å². The second-order valence-electron chi connectivity index (χ2n) is 5.45. The molecule has 1 aromatic carbocycles. The third-order valence-electron chi connectivity index (χ3n) is 3.83. The minimum atomic E-state index is -0.0756. The molecule has 2 unspecified atom stereocenters. The summed E-state index contributed by atoms with van der Waals surface area (Å²) in [5.41, 5.74) is 5.77. The molecule has 1 saturated heterocycles. The monoisotopic (exact) mass is 330 g/mol. The number of carbonyl (C=O) groups excluding carboxylic acids is 1. The molecular weight excluding hydrogens is 311 g/mol. The van der Waals surface area contributed by atoms with Crippen LogP contribution < -0.4 is 10.5 Å². The van der Waals surface area contributed by atoms with Gasteiger partial charge in [0.1, 0.15) is 0 Å². The molecule has 0 aliphatic carbocycles. The Morgan fingerprint density at radius 3 is 2.71 bits per heavy atom. The number of ether oxygens (including phenoxy) is 1. The van der Waals surface area contributed by atoms with Crippen LogP contribution in [-0.2, 0) is 4.79 Å². The molecule has 0 aromatic heterocycles. The summed E-state index contributed by atoms with van der Waals surface area (Å²) >= 11 is 12.0. The van der Waals surface area contributed by atoms with Gasteiger partial charge < -0.3 is 15.4 Å². The van der Waals surface area contributed by atoms with Gasteiger partial charge in [-0.05, 0) is 30.9 Å². The Morgan fingerprint density at radius 2 is 2.10 bits per heavy atom. The fourth-order valence-electron chi connectivity index (χ4n) is 2.64. The van der Waals surface area contributed by atoms with Crippen LogP contribution in [0.2, 0.25) is 10.0 Å². The molecule has 21 heavy (non-hydrogen) atoms. The average molecular weight is 331 g/mol. The maximum Gasteiger partial charge on any atom is 0.260 e. The highest BCUT2D eigenvalue weighted by molar-refractivity contribution is 6.37. The number of halogens is 2. The van der Waals surface area contributed by atoms with Crippen LogP contribution in [-0.4, -0.2) is 36.5 Å². The lowest BCUT2D eigenvalue weighted by molar-refractivity contribution is -0.137. The molecule has 1 fully saturated rings. The molecule has 116 valence electrons. The largest absolute Gasteiger partial charge is 0.481 e. The fourth-order valence-corrected chi connectivity index (χ4v) is 3.15. The molecule has 4 nitrogen and oxygen atoms in total. The van der Waals surface area contributed by atoms with Crippen molar-refractivity contribution in [3.8, 4) is 5.75 Å². The maximum atomic E-state index is 12.3. The smallest absolute Gasteiger partial charge is 0.260 e. The van der Waals surface area contributed by atoms with Crippen molar-refractivity contribution in [2.45, 2.75) is 25.8 Å². The molecule has 2 rings (SSSR count). The van der Waals surface area contributed by atoms with Crippen molar-refractivity contribution < 1.29 is 9.53 Å². The molecule has 1 aliphatic rings. The molecule has 1 aliphatic heterocycles. The lowest BCUT2D eigenvalue weighted by Gasteiger charge is -2.37. The Balaban J connectivity index is 1.98. The van der Waals surface area contributed by atoms with Gasteiger partial charge in [0.15, 0.2) is 12.4 Å². The van der Waals surface area contributed by atoms with E-state index in [2.05, 4.69) is 6.92 Å². The summed E-state index contributed by atoms with van der Waals surface area (Å²) in [6.45, 7) is 3.31. The molecular formula is C15H20Cl2N2O2. The van der Waals surface area contributed by atoms with Gasteiger partial charge in [-0.1, -0.05) is 36.2 Å². The number of nitrogens with two attached hydrogens (primary N) is 1. The first-order valence-corrected chi connectivity index (χ1v) is 7.85. The summed E-state index contributed by atoms with van der Waals surface area (Å²) in [4.78, 5) is 14.1. The number of hydrogen-bond donors (Lipinski definition) is 1. The Hall–Kier alpha value is -0.970. The third-order valence-corrected chi connectivity index (χ3v) is 4.42. The van der Waals surface area contributed by atoms with Crippen molar-refractivity contribution in [3.05, 3.63) is 28.2 Å². The van der Waals surface area contributed by atoms with Gasteiger partial charge in [-0.3, -0.25) is 4.79 Å². The highest BCUT2D eigenvalue weighted by atomic mass is 35.5. The van der Waals surface area contributed by atoms with Crippen molar-refractivity contribution in [2.75, 3.05) is 19.7 Å². The van der Waals surface area contributed by atoms with Gasteiger partial charge in [0.05, 0.1) is 10.0 Å². The standard InChI is InChI=1S/C15H20Cl2N2O2/c1-10-5-6-19(11(7-10)8-18)14(20)9-21-15-12(16)3-2-4-13(15)17/h2-4,10-11H,5-9,18H2,1H3. The Kier molecular flexibility index (Phi) is 5.73. The van der Waals surface area contributed by atoms with Crippen LogP contribution in [0, 0.1) is 5.92 Å². The SMILES string of the molecule is CC1CCN(C(=O)COc2c(Cl)cccc2Cl)C(CN)C1. The number of hydrogen-bond acceptors (Lipinski definition) is 3. The highest BCUT2D eigenvalue weighted by Crippen LogP contribution is 2.32. The maximum absolute atomic E-state index is 12.3.